The van der Waals surface area contributed by atoms with E-state index in [2.05, 4.69) is 19.0 Å². The van der Waals surface area contributed by atoms with Gasteiger partial charge in [0.25, 0.3) is 0 Å². The van der Waals surface area contributed by atoms with Crippen LogP contribution in [0.15, 0.2) is 4.52 Å². The van der Waals surface area contributed by atoms with Gasteiger partial charge in [-0.05, 0) is 43.9 Å². The summed E-state index contributed by atoms with van der Waals surface area (Å²) in [6, 6.07) is 0. The van der Waals surface area contributed by atoms with Crippen molar-refractivity contribution in [3.63, 3.8) is 0 Å². The topological polar surface area (TPSA) is 74.2 Å². The molecule has 21 heavy (non-hydrogen) atoms. The van der Waals surface area contributed by atoms with Gasteiger partial charge in [0.2, 0.25) is 11.7 Å². The average Bonchev–Trinajstić information content (AvgIpc) is 2.90. The van der Waals surface area contributed by atoms with E-state index in [9.17, 15) is 0 Å². The van der Waals surface area contributed by atoms with E-state index < -0.39 is 0 Å². The lowest BCUT2D eigenvalue weighted by molar-refractivity contribution is -0.0740. The number of nitrogens with two attached hydrogens (primary N) is 1. The molecule has 2 N–H and O–H groups in total. The Hall–Kier alpha value is -0.940. The van der Waals surface area contributed by atoms with Crippen molar-refractivity contribution in [1.29, 1.82) is 0 Å². The van der Waals surface area contributed by atoms with Gasteiger partial charge in [-0.3, -0.25) is 0 Å². The van der Waals surface area contributed by atoms with Crippen molar-refractivity contribution in [3.8, 4) is 0 Å². The van der Waals surface area contributed by atoms with Crippen molar-refractivity contribution in [2.75, 3.05) is 13.7 Å². The van der Waals surface area contributed by atoms with E-state index in [-0.39, 0.29) is 11.0 Å². The van der Waals surface area contributed by atoms with Crippen LogP contribution in [-0.4, -0.2) is 23.8 Å². The molecule has 5 heteroatoms. The minimum atomic E-state index is -0.378. The summed E-state index contributed by atoms with van der Waals surface area (Å²) >= 11 is 0. The Morgan fingerprint density at radius 1 is 1.14 bits per heavy atom. The van der Waals surface area contributed by atoms with Gasteiger partial charge in [0, 0.05) is 13.7 Å². The van der Waals surface area contributed by atoms with Crippen LogP contribution < -0.4 is 5.73 Å². The maximum atomic E-state index is 5.93. The second-order valence-electron chi connectivity index (χ2n) is 7.62. The summed E-state index contributed by atoms with van der Waals surface area (Å²) in [5.41, 5.74) is 5.85. The van der Waals surface area contributed by atoms with E-state index >= 15 is 0 Å². The molecule has 3 rings (SSSR count). The molecular weight excluding hydrogens is 266 g/mol. The smallest absolute Gasteiger partial charge is 0.234 e. The van der Waals surface area contributed by atoms with Gasteiger partial charge in [-0.15, -0.1) is 0 Å². The molecule has 1 aromatic rings. The van der Waals surface area contributed by atoms with Gasteiger partial charge < -0.3 is 15.0 Å². The van der Waals surface area contributed by atoms with E-state index in [1.54, 1.807) is 7.11 Å². The molecule has 0 aliphatic heterocycles. The van der Waals surface area contributed by atoms with Crippen molar-refractivity contribution >= 4 is 0 Å². The monoisotopic (exact) mass is 293 g/mol. The summed E-state index contributed by atoms with van der Waals surface area (Å²) < 4.78 is 11.4. The second kappa shape index (κ2) is 5.06. The predicted octanol–water partition coefficient (Wildman–Crippen LogP) is 2.89. The SMILES string of the molecule is COC1(c2noc(C3(CN)CCC3)n2)CCC(C)(C)CC1. The van der Waals surface area contributed by atoms with Crippen molar-refractivity contribution < 1.29 is 9.26 Å². The molecule has 0 saturated heterocycles. The average molecular weight is 293 g/mol. The van der Waals surface area contributed by atoms with Gasteiger partial charge >= 0.3 is 0 Å². The summed E-state index contributed by atoms with van der Waals surface area (Å²) in [5, 5.41) is 4.26. The Balaban J connectivity index is 1.84. The van der Waals surface area contributed by atoms with Crippen molar-refractivity contribution in [1.82, 2.24) is 10.1 Å². The fraction of sp³-hybridized carbons (Fsp3) is 0.875. The molecule has 1 heterocycles. The molecule has 5 nitrogen and oxygen atoms in total. The molecule has 0 amide bonds. The standard InChI is InChI=1S/C16H27N3O2/c1-14(2)7-9-16(20-3,10-8-14)12-18-13(21-19-12)15(11-17)5-4-6-15/h4-11,17H2,1-3H3. The Morgan fingerprint density at radius 2 is 1.81 bits per heavy atom. The van der Waals surface area contributed by atoms with Gasteiger partial charge in [-0.25, -0.2) is 0 Å². The summed E-state index contributed by atoms with van der Waals surface area (Å²) in [4.78, 5) is 4.71. The quantitative estimate of drug-likeness (QED) is 0.924. The number of ether oxygens (including phenoxy) is 1. The molecule has 118 valence electrons. The molecule has 1 aromatic heterocycles. The van der Waals surface area contributed by atoms with Crippen molar-refractivity contribution in [2.45, 2.75) is 69.8 Å². The van der Waals surface area contributed by atoms with E-state index in [1.807, 2.05) is 0 Å². The van der Waals surface area contributed by atoms with Crippen LogP contribution in [0.3, 0.4) is 0 Å². The number of hydrogen-bond acceptors (Lipinski definition) is 5. The molecule has 0 radical (unpaired) electrons. The first-order valence-electron chi connectivity index (χ1n) is 8.05. The van der Waals surface area contributed by atoms with E-state index in [0.717, 1.165) is 44.3 Å². The lowest BCUT2D eigenvalue weighted by Gasteiger charge is -2.40. The minimum Gasteiger partial charge on any atom is -0.370 e. The second-order valence-corrected chi connectivity index (χ2v) is 7.62. The molecule has 0 spiro atoms. The van der Waals surface area contributed by atoms with Gasteiger partial charge in [0.1, 0.15) is 5.60 Å². The summed E-state index contributed by atoms with van der Waals surface area (Å²) in [6.45, 7) is 5.21. The molecule has 0 aromatic carbocycles. The zero-order chi connectivity index (χ0) is 15.1. The molecule has 0 bridgehead atoms. The highest BCUT2D eigenvalue weighted by Gasteiger charge is 2.47. The fourth-order valence-corrected chi connectivity index (χ4v) is 3.58. The third kappa shape index (κ3) is 2.40. The van der Waals surface area contributed by atoms with Crippen LogP contribution in [0, 0.1) is 5.41 Å². The van der Waals surface area contributed by atoms with Gasteiger partial charge in [-0.2, -0.15) is 4.98 Å². The lowest BCUT2D eigenvalue weighted by atomic mass is 9.68. The Morgan fingerprint density at radius 3 is 2.29 bits per heavy atom. The molecular formula is C16H27N3O2. The molecule has 2 saturated carbocycles. The van der Waals surface area contributed by atoms with E-state index in [1.165, 1.54) is 6.42 Å². The van der Waals surface area contributed by atoms with Crippen LogP contribution in [0.2, 0.25) is 0 Å². The van der Waals surface area contributed by atoms with Crippen LogP contribution in [0.1, 0.15) is 70.5 Å². The highest BCUT2D eigenvalue weighted by atomic mass is 16.5. The Bertz CT molecular complexity index is 490. The maximum Gasteiger partial charge on any atom is 0.234 e. The molecule has 2 aliphatic carbocycles. The number of nitrogens with zero attached hydrogens (tertiary/aromatic N) is 2. The van der Waals surface area contributed by atoms with Crippen molar-refractivity contribution in [3.05, 3.63) is 11.7 Å². The van der Waals surface area contributed by atoms with Crippen LogP contribution in [0.5, 0.6) is 0 Å². The minimum absolute atomic E-state index is 0.0753. The van der Waals surface area contributed by atoms with Gasteiger partial charge in [-0.1, -0.05) is 25.4 Å². The Labute approximate surface area is 126 Å². The number of hydrogen-bond donors (Lipinski definition) is 1. The lowest BCUT2D eigenvalue weighted by Crippen LogP contribution is -2.42. The molecule has 0 unspecified atom stereocenters. The first-order chi connectivity index (χ1) is 9.95. The highest BCUT2D eigenvalue weighted by Crippen LogP contribution is 2.47. The number of aromatic nitrogens is 2. The van der Waals surface area contributed by atoms with Gasteiger partial charge in [0.15, 0.2) is 0 Å². The maximum absolute atomic E-state index is 5.93. The largest absolute Gasteiger partial charge is 0.370 e. The number of methoxy groups -OCH3 is 1. The molecule has 0 atom stereocenters. The summed E-state index contributed by atoms with van der Waals surface area (Å²) in [7, 11) is 1.76. The van der Waals surface area contributed by atoms with Crippen LogP contribution in [0.4, 0.5) is 0 Å². The molecule has 2 fully saturated rings. The molecule has 2 aliphatic rings. The predicted molar refractivity (Wildman–Crippen MR) is 79.8 cm³/mol. The summed E-state index contributed by atoms with van der Waals surface area (Å²) in [6.07, 6.45) is 7.44. The van der Waals surface area contributed by atoms with Crippen LogP contribution >= 0.6 is 0 Å². The fourth-order valence-electron chi connectivity index (χ4n) is 3.58. The first-order valence-corrected chi connectivity index (χ1v) is 8.05. The normalized spacial score (nSPS) is 26.3. The van der Waals surface area contributed by atoms with Crippen LogP contribution in [0.25, 0.3) is 0 Å². The van der Waals surface area contributed by atoms with E-state index in [0.29, 0.717) is 17.9 Å². The van der Waals surface area contributed by atoms with E-state index in [4.69, 9.17) is 20.0 Å². The first kappa shape index (κ1) is 15.0. The zero-order valence-corrected chi connectivity index (χ0v) is 13.4. The van der Waals surface area contributed by atoms with Crippen molar-refractivity contribution in [2.24, 2.45) is 11.1 Å². The third-order valence-electron chi connectivity index (χ3n) is 5.79. The zero-order valence-electron chi connectivity index (χ0n) is 13.4. The summed E-state index contributed by atoms with van der Waals surface area (Å²) in [5.74, 6) is 1.43. The highest BCUT2D eigenvalue weighted by molar-refractivity contribution is 5.14. The van der Waals surface area contributed by atoms with Crippen LogP contribution in [-0.2, 0) is 15.8 Å². The third-order valence-corrected chi connectivity index (χ3v) is 5.79. The number of rotatable bonds is 4. The Kier molecular flexibility index (Phi) is 3.61. The van der Waals surface area contributed by atoms with Gasteiger partial charge in [0.05, 0.1) is 5.41 Å².